The first-order chi connectivity index (χ1) is 10.3. The topological polar surface area (TPSA) is 30.5 Å². The van der Waals surface area contributed by atoms with E-state index in [-0.39, 0.29) is 5.82 Å². The number of ether oxygens (including phenoxy) is 2. The van der Waals surface area contributed by atoms with Crippen LogP contribution in [0.5, 0.6) is 5.75 Å². The molecule has 2 aromatic carbocycles. The van der Waals surface area contributed by atoms with Crippen LogP contribution in [-0.2, 0) is 17.9 Å². The molecule has 0 unspecified atom stereocenters. The standard InChI is InChI=1S/C17H20FNO2/c1-20-11-10-19-12-14-4-8-17(9-5-14)21-13-15-2-6-16(18)7-3-15/h2-9,19H,10-13H2,1H3. The van der Waals surface area contributed by atoms with Crippen LogP contribution in [0.2, 0.25) is 0 Å². The summed E-state index contributed by atoms with van der Waals surface area (Å²) in [4.78, 5) is 0. The first-order valence-electron chi connectivity index (χ1n) is 6.94. The Labute approximate surface area is 124 Å². The van der Waals surface area contributed by atoms with Gasteiger partial charge in [-0.1, -0.05) is 24.3 Å². The second-order valence-corrected chi connectivity index (χ2v) is 4.73. The third-order valence-electron chi connectivity index (χ3n) is 3.05. The van der Waals surface area contributed by atoms with Gasteiger partial charge >= 0.3 is 0 Å². The van der Waals surface area contributed by atoms with Crippen LogP contribution in [-0.4, -0.2) is 20.3 Å². The molecule has 0 radical (unpaired) electrons. The van der Waals surface area contributed by atoms with Crippen LogP contribution in [0.25, 0.3) is 0 Å². The highest BCUT2D eigenvalue weighted by atomic mass is 19.1. The Bertz CT molecular complexity index is 525. The van der Waals surface area contributed by atoms with Crippen LogP contribution < -0.4 is 10.1 Å². The summed E-state index contributed by atoms with van der Waals surface area (Å²) in [6, 6.07) is 14.3. The molecule has 1 N–H and O–H groups in total. The summed E-state index contributed by atoms with van der Waals surface area (Å²) < 4.78 is 23.4. The van der Waals surface area contributed by atoms with Crippen molar-refractivity contribution in [2.24, 2.45) is 0 Å². The Morgan fingerprint density at radius 2 is 1.62 bits per heavy atom. The summed E-state index contributed by atoms with van der Waals surface area (Å²) in [5.74, 6) is 0.573. The van der Waals surface area contributed by atoms with E-state index in [0.717, 1.165) is 24.4 Å². The van der Waals surface area contributed by atoms with Crippen molar-refractivity contribution in [1.82, 2.24) is 5.32 Å². The summed E-state index contributed by atoms with van der Waals surface area (Å²) in [5.41, 5.74) is 2.14. The van der Waals surface area contributed by atoms with E-state index in [1.165, 1.54) is 17.7 Å². The molecule has 0 aliphatic heterocycles. The normalized spacial score (nSPS) is 10.6. The van der Waals surface area contributed by atoms with Crippen molar-refractivity contribution >= 4 is 0 Å². The van der Waals surface area contributed by atoms with Gasteiger partial charge in [-0.25, -0.2) is 4.39 Å². The number of halogens is 1. The lowest BCUT2D eigenvalue weighted by molar-refractivity contribution is 0.199. The molecule has 4 heteroatoms. The Hall–Kier alpha value is -1.91. The molecule has 0 saturated carbocycles. The summed E-state index contributed by atoms with van der Waals surface area (Å²) in [6.07, 6.45) is 0. The van der Waals surface area contributed by atoms with Crippen LogP contribution in [0.15, 0.2) is 48.5 Å². The monoisotopic (exact) mass is 289 g/mol. The fraction of sp³-hybridized carbons (Fsp3) is 0.294. The number of hydrogen-bond acceptors (Lipinski definition) is 3. The average molecular weight is 289 g/mol. The summed E-state index contributed by atoms with van der Waals surface area (Å²) in [6.45, 7) is 2.78. The molecule has 0 spiro atoms. The van der Waals surface area contributed by atoms with Crippen molar-refractivity contribution in [3.63, 3.8) is 0 Å². The molecule has 3 nitrogen and oxygen atoms in total. The third-order valence-corrected chi connectivity index (χ3v) is 3.05. The number of methoxy groups -OCH3 is 1. The lowest BCUT2D eigenvalue weighted by Crippen LogP contribution is -2.18. The van der Waals surface area contributed by atoms with E-state index in [0.29, 0.717) is 13.2 Å². The molecule has 0 aromatic heterocycles. The minimum absolute atomic E-state index is 0.232. The molecule has 0 heterocycles. The van der Waals surface area contributed by atoms with Gasteiger partial charge in [0.1, 0.15) is 18.2 Å². The summed E-state index contributed by atoms with van der Waals surface area (Å²) in [7, 11) is 1.69. The summed E-state index contributed by atoms with van der Waals surface area (Å²) in [5, 5.41) is 3.28. The minimum atomic E-state index is -0.232. The predicted octanol–water partition coefficient (Wildman–Crippen LogP) is 3.14. The third kappa shape index (κ3) is 5.53. The molecule has 2 aromatic rings. The van der Waals surface area contributed by atoms with E-state index in [9.17, 15) is 4.39 Å². The first kappa shape index (κ1) is 15.5. The lowest BCUT2D eigenvalue weighted by atomic mass is 10.2. The molecular formula is C17H20FNO2. The van der Waals surface area contributed by atoms with Gasteiger partial charge in [0, 0.05) is 20.2 Å². The smallest absolute Gasteiger partial charge is 0.123 e. The van der Waals surface area contributed by atoms with E-state index in [4.69, 9.17) is 9.47 Å². The second-order valence-electron chi connectivity index (χ2n) is 4.73. The van der Waals surface area contributed by atoms with Crippen molar-refractivity contribution in [2.75, 3.05) is 20.3 Å². The van der Waals surface area contributed by atoms with Crippen LogP contribution in [0.3, 0.4) is 0 Å². The number of rotatable bonds is 8. The van der Waals surface area contributed by atoms with Gasteiger partial charge in [0.05, 0.1) is 6.61 Å². The quantitative estimate of drug-likeness (QED) is 0.757. The summed E-state index contributed by atoms with van der Waals surface area (Å²) >= 11 is 0. The molecule has 0 fully saturated rings. The van der Waals surface area contributed by atoms with Crippen LogP contribution in [0.1, 0.15) is 11.1 Å². The largest absolute Gasteiger partial charge is 0.489 e. The SMILES string of the molecule is COCCNCc1ccc(OCc2ccc(F)cc2)cc1. The van der Waals surface area contributed by atoms with Gasteiger partial charge < -0.3 is 14.8 Å². The van der Waals surface area contributed by atoms with Gasteiger partial charge in [-0.05, 0) is 35.4 Å². The van der Waals surface area contributed by atoms with Crippen LogP contribution >= 0.6 is 0 Å². The Kier molecular flexibility index (Phi) is 6.19. The number of benzene rings is 2. The first-order valence-corrected chi connectivity index (χ1v) is 6.94. The van der Waals surface area contributed by atoms with Gasteiger partial charge in [0.2, 0.25) is 0 Å². The molecule has 0 saturated heterocycles. The molecule has 2 rings (SSSR count). The van der Waals surface area contributed by atoms with Gasteiger partial charge in [0.15, 0.2) is 0 Å². The molecule has 0 atom stereocenters. The molecule has 0 aliphatic carbocycles. The van der Waals surface area contributed by atoms with E-state index in [1.54, 1.807) is 19.2 Å². The highest BCUT2D eigenvalue weighted by molar-refractivity contribution is 5.27. The van der Waals surface area contributed by atoms with E-state index in [1.807, 2.05) is 24.3 Å². The highest BCUT2D eigenvalue weighted by Gasteiger charge is 1.98. The van der Waals surface area contributed by atoms with E-state index < -0.39 is 0 Å². The minimum Gasteiger partial charge on any atom is -0.489 e. The maximum Gasteiger partial charge on any atom is 0.123 e. The van der Waals surface area contributed by atoms with Gasteiger partial charge in [-0.3, -0.25) is 0 Å². The van der Waals surface area contributed by atoms with Crippen molar-refractivity contribution in [2.45, 2.75) is 13.2 Å². The Morgan fingerprint density at radius 1 is 0.952 bits per heavy atom. The molecular weight excluding hydrogens is 269 g/mol. The second kappa shape index (κ2) is 8.39. The zero-order valence-electron chi connectivity index (χ0n) is 12.1. The highest BCUT2D eigenvalue weighted by Crippen LogP contribution is 2.14. The Morgan fingerprint density at radius 3 is 2.29 bits per heavy atom. The number of hydrogen-bond donors (Lipinski definition) is 1. The van der Waals surface area contributed by atoms with Crippen molar-refractivity contribution in [3.8, 4) is 5.75 Å². The van der Waals surface area contributed by atoms with Crippen molar-refractivity contribution in [3.05, 3.63) is 65.5 Å². The Balaban J connectivity index is 1.78. The fourth-order valence-electron chi connectivity index (χ4n) is 1.86. The predicted molar refractivity (Wildman–Crippen MR) is 80.8 cm³/mol. The average Bonchev–Trinajstić information content (AvgIpc) is 2.52. The maximum absolute atomic E-state index is 12.8. The van der Waals surface area contributed by atoms with Gasteiger partial charge in [-0.15, -0.1) is 0 Å². The van der Waals surface area contributed by atoms with Gasteiger partial charge in [-0.2, -0.15) is 0 Å². The molecule has 112 valence electrons. The molecule has 21 heavy (non-hydrogen) atoms. The lowest BCUT2D eigenvalue weighted by Gasteiger charge is -2.08. The maximum atomic E-state index is 12.8. The molecule has 0 bridgehead atoms. The van der Waals surface area contributed by atoms with Crippen molar-refractivity contribution < 1.29 is 13.9 Å². The zero-order chi connectivity index (χ0) is 14.9. The zero-order valence-corrected chi connectivity index (χ0v) is 12.1. The van der Waals surface area contributed by atoms with Crippen LogP contribution in [0.4, 0.5) is 4.39 Å². The van der Waals surface area contributed by atoms with Crippen molar-refractivity contribution in [1.29, 1.82) is 0 Å². The van der Waals surface area contributed by atoms with Crippen LogP contribution in [0, 0.1) is 5.82 Å². The molecule has 0 aliphatic rings. The molecule has 0 amide bonds. The van der Waals surface area contributed by atoms with E-state index >= 15 is 0 Å². The fourth-order valence-corrected chi connectivity index (χ4v) is 1.86. The number of nitrogens with one attached hydrogen (secondary N) is 1. The van der Waals surface area contributed by atoms with Gasteiger partial charge in [0.25, 0.3) is 0 Å². The van der Waals surface area contributed by atoms with E-state index in [2.05, 4.69) is 5.32 Å².